The maximum absolute atomic E-state index is 11.1. The smallest absolute Gasteiger partial charge is 0.221 e. The summed E-state index contributed by atoms with van der Waals surface area (Å²) in [4.78, 5) is 20.4. The Labute approximate surface area is 177 Å². The van der Waals surface area contributed by atoms with E-state index in [-0.39, 0.29) is 11.9 Å². The second kappa shape index (κ2) is 10.7. The first-order valence-corrected chi connectivity index (χ1v) is 10.4. The molecule has 0 bridgehead atoms. The Kier molecular flexibility index (Phi) is 7.78. The number of methoxy groups -OCH3 is 1. The lowest BCUT2D eigenvalue weighted by Gasteiger charge is -2.25. The highest BCUT2D eigenvalue weighted by Crippen LogP contribution is 2.14. The maximum Gasteiger partial charge on any atom is 0.221 e. The molecule has 1 aliphatic heterocycles. The summed E-state index contributed by atoms with van der Waals surface area (Å²) in [5, 5.41) is 14.2. The maximum atomic E-state index is 11.1. The summed E-state index contributed by atoms with van der Waals surface area (Å²) in [6, 6.07) is 8.13. The lowest BCUT2D eigenvalue weighted by atomic mass is 10.1. The van der Waals surface area contributed by atoms with Crippen molar-refractivity contribution < 1.29 is 9.53 Å². The Hall–Kier alpha value is -2.94. The quantitative estimate of drug-likeness (QED) is 0.447. The van der Waals surface area contributed by atoms with Gasteiger partial charge in [-0.3, -0.25) is 9.79 Å². The van der Waals surface area contributed by atoms with Gasteiger partial charge in [0.05, 0.1) is 6.54 Å². The third-order valence-electron chi connectivity index (χ3n) is 4.81. The Balaban J connectivity index is 1.53. The standard InChI is InChI=1S/C21H31N7O2/c1-4-22-21(23-12-11-16-5-7-17(8-6-16)24-15(2)29)25-18-9-10-20-26-19(14-30-3)27-28(20)13-18/h5-8,18H,4,9-14H2,1-3H3,(H,24,29)(H2,22,23,25). The van der Waals surface area contributed by atoms with Crippen LogP contribution in [0.5, 0.6) is 0 Å². The summed E-state index contributed by atoms with van der Waals surface area (Å²) in [5.41, 5.74) is 1.99. The third kappa shape index (κ3) is 6.28. The van der Waals surface area contributed by atoms with Gasteiger partial charge in [-0.2, -0.15) is 5.10 Å². The fourth-order valence-corrected chi connectivity index (χ4v) is 3.44. The van der Waals surface area contributed by atoms with E-state index in [0.29, 0.717) is 13.2 Å². The van der Waals surface area contributed by atoms with E-state index in [9.17, 15) is 4.79 Å². The monoisotopic (exact) mass is 413 g/mol. The summed E-state index contributed by atoms with van der Waals surface area (Å²) >= 11 is 0. The van der Waals surface area contributed by atoms with Crippen LogP contribution >= 0.6 is 0 Å². The van der Waals surface area contributed by atoms with E-state index in [1.54, 1.807) is 7.11 Å². The SMILES string of the molecule is CCNC(=NCCc1ccc(NC(C)=O)cc1)NC1CCc2nc(COC)nn2C1. The molecule has 0 saturated carbocycles. The van der Waals surface area contributed by atoms with Crippen molar-refractivity contribution in [2.75, 3.05) is 25.5 Å². The van der Waals surface area contributed by atoms with E-state index in [1.165, 1.54) is 12.5 Å². The van der Waals surface area contributed by atoms with E-state index in [0.717, 1.165) is 55.6 Å². The molecule has 0 saturated heterocycles. The van der Waals surface area contributed by atoms with Crippen LogP contribution in [0.4, 0.5) is 5.69 Å². The normalized spacial score (nSPS) is 16.1. The minimum absolute atomic E-state index is 0.0654. The third-order valence-corrected chi connectivity index (χ3v) is 4.81. The number of carbonyl (C=O) groups is 1. The van der Waals surface area contributed by atoms with Crippen molar-refractivity contribution in [1.29, 1.82) is 0 Å². The van der Waals surface area contributed by atoms with Crippen LogP contribution in [-0.4, -0.2) is 52.9 Å². The van der Waals surface area contributed by atoms with Gasteiger partial charge in [0.25, 0.3) is 0 Å². The van der Waals surface area contributed by atoms with Gasteiger partial charge >= 0.3 is 0 Å². The minimum Gasteiger partial charge on any atom is -0.377 e. The van der Waals surface area contributed by atoms with Gasteiger partial charge in [0.15, 0.2) is 11.8 Å². The molecule has 1 aromatic heterocycles. The second-order valence-electron chi connectivity index (χ2n) is 7.33. The molecule has 3 rings (SSSR count). The molecule has 0 spiro atoms. The molecule has 1 amide bonds. The number of hydrogen-bond donors (Lipinski definition) is 3. The van der Waals surface area contributed by atoms with Gasteiger partial charge in [-0.25, -0.2) is 9.67 Å². The lowest BCUT2D eigenvalue weighted by molar-refractivity contribution is -0.114. The van der Waals surface area contributed by atoms with E-state index < -0.39 is 0 Å². The number of anilines is 1. The summed E-state index contributed by atoms with van der Waals surface area (Å²) in [6.45, 7) is 6.25. The highest BCUT2D eigenvalue weighted by molar-refractivity contribution is 5.88. The van der Waals surface area contributed by atoms with Gasteiger partial charge in [-0.05, 0) is 37.5 Å². The van der Waals surface area contributed by atoms with Crippen molar-refractivity contribution in [2.45, 2.75) is 52.3 Å². The number of aryl methyl sites for hydroxylation is 1. The molecule has 0 fully saturated rings. The average molecular weight is 414 g/mol. The average Bonchev–Trinajstić information content (AvgIpc) is 3.11. The number of ether oxygens (including phenoxy) is 1. The fraction of sp³-hybridized carbons (Fsp3) is 0.524. The van der Waals surface area contributed by atoms with Crippen molar-refractivity contribution in [2.24, 2.45) is 4.99 Å². The van der Waals surface area contributed by atoms with Crippen LogP contribution in [0.25, 0.3) is 0 Å². The van der Waals surface area contributed by atoms with Crippen molar-refractivity contribution in [1.82, 2.24) is 25.4 Å². The number of rotatable bonds is 8. The summed E-state index contributed by atoms with van der Waals surface area (Å²) in [7, 11) is 1.65. The number of aromatic nitrogens is 3. The van der Waals surface area contributed by atoms with Gasteiger partial charge in [0.1, 0.15) is 12.4 Å². The second-order valence-corrected chi connectivity index (χ2v) is 7.33. The molecule has 1 aliphatic rings. The molecule has 2 heterocycles. The van der Waals surface area contributed by atoms with Gasteiger partial charge in [-0.1, -0.05) is 12.1 Å². The Morgan fingerprint density at radius 1 is 1.33 bits per heavy atom. The van der Waals surface area contributed by atoms with Crippen LogP contribution < -0.4 is 16.0 Å². The Morgan fingerprint density at radius 2 is 2.13 bits per heavy atom. The molecule has 0 radical (unpaired) electrons. The molecule has 162 valence electrons. The molecular formula is C21H31N7O2. The zero-order chi connectivity index (χ0) is 21.3. The molecule has 1 aromatic carbocycles. The molecule has 3 N–H and O–H groups in total. The van der Waals surface area contributed by atoms with Crippen molar-refractivity contribution >= 4 is 17.6 Å². The van der Waals surface area contributed by atoms with E-state index in [4.69, 9.17) is 9.73 Å². The number of guanidine groups is 1. The molecule has 1 unspecified atom stereocenters. The van der Waals surface area contributed by atoms with Crippen LogP contribution in [0.1, 0.15) is 37.5 Å². The molecule has 9 nitrogen and oxygen atoms in total. The van der Waals surface area contributed by atoms with Crippen LogP contribution in [0.3, 0.4) is 0 Å². The number of aliphatic imine (C=N–C) groups is 1. The number of nitrogens with zero attached hydrogens (tertiary/aromatic N) is 4. The van der Waals surface area contributed by atoms with E-state index in [2.05, 4.69) is 33.0 Å². The first-order valence-electron chi connectivity index (χ1n) is 10.4. The molecule has 2 aromatic rings. The van der Waals surface area contributed by atoms with Gasteiger partial charge < -0.3 is 20.7 Å². The molecule has 9 heteroatoms. The molecule has 30 heavy (non-hydrogen) atoms. The zero-order valence-corrected chi connectivity index (χ0v) is 17.9. The van der Waals surface area contributed by atoms with Crippen LogP contribution in [0.15, 0.2) is 29.3 Å². The topological polar surface area (TPSA) is 105 Å². The zero-order valence-electron chi connectivity index (χ0n) is 17.9. The van der Waals surface area contributed by atoms with Crippen molar-refractivity contribution in [3.05, 3.63) is 41.5 Å². The summed E-state index contributed by atoms with van der Waals surface area (Å²) in [5.74, 6) is 2.50. The van der Waals surface area contributed by atoms with E-state index >= 15 is 0 Å². The van der Waals surface area contributed by atoms with Gasteiger partial charge in [-0.15, -0.1) is 0 Å². The summed E-state index contributed by atoms with van der Waals surface area (Å²) < 4.78 is 7.10. The van der Waals surface area contributed by atoms with Gasteiger partial charge in [0, 0.05) is 45.3 Å². The predicted octanol–water partition coefficient (Wildman–Crippen LogP) is 1.50. The van der Waals surface area contributed by atoms with Gasteiger partial charge in [0.2, 0.25) is 5.91 Å². The number of hydrogen-bond acceptors (Lipinski definition) is 5. The largest absolute Gasteiger partial charge is 0.377 e. The minimum atomic E-state index is -0.0654. The first-order chi connectivity index (χ1) is 14.6. The number of benzene rings is 1. The van der Waals surface area contributed by atoms with Crippen LogP contribution in [0.2, 0.25) is 0 Å². The predicted molar refractivity (Wildman–Crippen MR) is 116 cm³/mol. The summed E-state index contributed by atoms with van der Waals surface area (Å²) in [6.07, 6.45) is 2.70. The highest BCUT2D eigenvalue weighted by Gasteiger charge is 2.22. The Morgan fingerprint density at radius 3 is 2.83 bits per heavy atom. The first kappa shape index (κ1) is 21.8. The number of carbonyl (C=O) groups excluding carboxylic acids is 1. The van der Waals surface area contributed by atoms with Crippen LogP contribution in [-0.2, 0) is 35.5 Å². The fourth-order valence-electron chi connectivity index (χ4n) is 3.44. The number of fused-ring (bicyclic) bond motifs is 1. The lowest BCUT2D eigenvalue weighted by Crippen LogP contribution is -2.47. The van der Waals surface area contributed by atoms with Crippen molar-refractivity contribution in [3.8, 4) is 0 Å². The Bertz CT molecular complexity index is 861. The number of amides is 1. The molecule has 1 atom stereocenters. The van der Waals surface area contributed by atoms with Crippen LogP contribution in [0, 0.1) is 0 Å². The highest BCUT2D eigenvalue weighted by atomic mass is 16.5. The molecular weight excluding hydrogens is 382 g/mol. The molecule has 0 aliphatic carbocycles. The number of nitrogens with one attached hydrogen (secondary N) is 3. The van der Waals surface area contributed by atoms with E-state index in [1.807, 2.05) is 28.9 Å². The van der Waals surface area contributed by atoms with Crippen molar-refractivity contribution in [3.63, 3.8) is 0 Å².